The van der Waals surface area contributed by atoms with E-state index >= 15 is 0 Å². The van der Waals surface area contributed by atoms with Crippen molar-refractivity contribution in [3.8, 4) is 0 Å². The summed E-state index contributed by atoms with van der Waals surface area (Å²) < 4.78 is 0. The van der Waals surface area contributed by atoms with Crippen LogP contribution in [-0.2, 0) is 11.2 Å². The summed E-state index contributed by atoms with van der Waals surface area (Å²) in [6.45, 7) is 0. The SMILES string of the molecule is NC1CCCC1C(=O)Cc1cccc2ccccc12. The van der Waals surface area contributed by atoms with Crippen LogP contribution in [0, 0.1) is 5.92 Å². The predicted molar refractivity (Wildman–Crippen MR) is 78.0 cm³/mol. The van der Waals surface area contributed by atoms with E-state index in [1.807, 2.05) is 18.2 Å². The van der Waals surface area contributed by atoms with E-state index in [9.17, 15) is 4.79 Å². The molecule has 2 atom stereocenters. The summed E-state index contributed by atoms with van der Waals surface area (Å²) in [5.74, 6) is 0.375. The van der Waals surface area contributed by atoms with Gasteiger partial charge < -0.3 is 5.73 Å². The molecule has 1 aliphatic rings. The standard InChI is InChI=1S/C17H19NO/c18-16-10-4-9-15(16)17(19)11-13-7-3-6-12-5-1-2-8-14(12)13/h1-3,5-8,15-16H,4,9-11,18H2. The van der Waals surface area contributed by atoms with Crippen LogP contribution in [0.3, 0.4) is 0 Å². The lowest BCUT2D eigenvalue weighted by Crippen LogP contribution is -2.31. The Labute approximate surface area is 113 Å². The second-order valence-electron chi connectivity index (χ2n) is 5.48. The summed E-state index contributed by atoms with van der Waals surface area (Å²) in [5, 5.41) is 2.38. The molecule has 0 radical (unpaired) electrons. The third-order valence-corrected chi connectivity index (χ3v) is 4.23. The van der Waals surface area contributed by atoms with Gasteiger partial charge in [0.25, 0.3) is 0 Å². The van der Waals surface area contributed by atoms with Gasteiger partial charge in [0.05, 0.1) is 0 Å². The lowest BCUT2D eigenvalue weighted by Gasteiger charge is -2.14. The molecule has 2 nitrogen and oxygen atoms in total. The first-order valence-corrected chi connectivity index (χ1v) is 7.00. The maximum absolute atomic E-state index is 12.4. The number of ketones is 1. The minimum Gasteiger partial charge on any atom is -0.327 e. The Hall–Kier alpha value is -1.67. The molecule has 0 aromatic heterocycles. The zero-order valence-electron chi connectivity index (χ0n) is 11.0. The average molecular weight is 253 g/mol. The molecule has 1 saturated carbocycles. The summed E-state index contributed by atoms with van der Waals surface area (Å²) in [6.07, 6.45) is 3.56. The molecule has 0 bridgehead atoms. The molecule has 0 heterocycles. The summed E-state index contributed by atoms with van der Waals surface area (Å²) in [5.41, 5.74) is 7.15. The summed E-state index contributed by atoms with van der Waals surface area (Å²) in [6, 6.07) is 14.5. The number of carbonyl (C=O) groups is 1. The molecular formula is C17H19NO. The van der Waals surface area contributed by atoms with Crippen molar-refractivity contribution in [3.63, 3.8) is 0 Å². The average Bonchev–Trinajstić information content (AvgIpc) is 2.85. The fourth-order valence-corrected chi connectivity index (χ4v) is 3.15. The number of carbonyl (C=O) groups excluding carboxylic acids is 1. The number of nitrogens with two attached hydrogens (primary N) is 1. The van der Waals surface area contributed by atoms with Gasteiger partial charge in [0.15, 0.2) is 0 Å². The zero-order chi connectivity index (χ0) is 13.2. The van der Waals surface area contributed by atoms with Crippen LogP contribution in [0.25, 0.3) is 10.8 Å². The van der Waals surface area contributed by atoms with E-state index in [1.54, 1.807) is 0 Å². The van der Waals surface area contributed by atoms with Crippen LogP contribution in [0.1, 0.15) is 24.8 Å². The number of hydrogen-bond donors (Lipinski definition) is 1. The van der Waals surface area contributed by atoms with Gasteiger partial charge in [0, 0.05) is 18.4 Å². The molecule has 0 aliphatic heterocycles. The number of hydrogen-bond acceptors (Lipinski definition) is 2. The van der Waals surface area contributed by atoms with Gasteiger partial charge in [0.2, 0.25) is 0 Å². The van der Waals surface area contributed by atoms with E-state index in [-0.39, 0.29) is 12.0 Å². The Kier molecular flexibility index (Phi) is 3.34. The lowest BCUT2D eigenvalue weighted by atomic mass is 9.92. The fraction of sp³-hybridized carbons (Fsp3) is 0.353. The second-order valence-corrected chi connectivity index (χ2v) is 5.48. The van der Waals surface area contributed by atoms with Crippen molar-refractivity contribution in [2.75, 3.05) is 0 Å². The molecule has 2 N–H and O–H groups in total. The largest absolute Gasteiger partial charge is 0.327 e. The molecule has 1 aliphatic carbocycles. The second kappa shape index (κ2) is 5.14. The minimum absolute atomic E-state index is 0.0685. The Balaban J connectivity index is 1.87. The zero-order valence-corrected chi connectivity index (χ0v) is 11.0. The Bertz CT molecular complexity index is 600. The monoisotopic (exact) mass is 253 g/mol. The highest BCUT2D eigenvalue weighted by molar-refractivity contribution is 5.92. The molecule has 2 unspecified atom stereocenters. The first-order valence-electron chi connectivity index (χ1n) is 7.00. The van der Waals surface area contributed by atoms with E-state index < -0.39 is 0 Å². The normalized spacial score (nSPS) is 22.8. The van der Waals surface area contributed by atoms with Gasteiger partial charge in [-0.15, -0.1) is 0 Å². The molecule has 3 rings (SSSR count). The van der Waals surface area contributed by atoms with Crippen molar-refractivity contribution < 1.29 is 4.79 Å². The van der Waals surface area contributed by atoms with Gasteiger partial charge in [-0.25, -0.2) is 0 Å². The summed E-state index contributed by atoms with van der Waals surface area (Å²) in [7, 11) is 0. The van der Waals surface area contributed by atoms with Crippen LogP contribution in [0.5, 0.6) is 0 Å². The summed E-state index contributed by atoms with van der Waals surface area (Å²) in [4.78, 5) is 12.4. The fourth-order valence-electron chi connectivity index (χ4n) is 3.15. The van der Waals surface area contributed by atoms with E-state index in [1.165, 1.54) is 10.8 Å². The minimum atomic E-state index is 0.0685. The van der Waals surface area contributed by atoms with E-state index in [2.05, 4.69) is 24.3 Å². The highest BCUT2D eigenvalue weighted by Crippen LogP contribution is 2.27. The molecule has 2 aromatic rings. The third kappa shape index (κ3) is 2.41. The van der Waals surface area contributed by atoms with Crippen molar-refractivity contribution in [2.24, 2.45) is 11.7 Å². The first-order chi connectivity index (χ1) is 9.25. The van der Waals surface area contributed by atoms with Gasteiger partial charge in [-0.05, 0) is 29.2 Å². The van der Waals surface area contributed by atoms with Gasteiger partial charge >= 0.3 is 0 Å². The Morgan fingerprint density at radius 2 is 1.89 bits per heavy atom. The number of Topliss-reactive ketones (excluding diaryl/α,β-unsaturated/α-hetero) is 1. The molecular weight excluding hydrogens is 234 g/mol. The first kappa shape index (κ1) is 12.4. The lowest BCUT2D eigenvalue weighted by molar-refractivity contribution is -0.122. The van der Waals surface area contributed by atoms with E-state index in [4.69, 9.17) is 5.73 Å². The molecule has 1 fully saturated rings. The van der Waals surface area contributed by atoms with Crippen molar-refractivity contribution in [3.05, 3.63) is 48.0 Å². The smallest absolute Gasteiger partial charge is 0.141 e. The van der Waals surface area contributed by atoms with Crippen molar-refractivity contribution in [1.29, 1.82) is 0 Å². The third-order valence-electron chi connectivity index (χ3n) is 4.23. The van der Waals surface area contributed by atoms with Crippen LogP contribution >= 0.6 is 0 Å². The topological polar surface area (TPSA) is 43.1 Å². The van der Waals surface area contributed by atoms with E-state index in [0.29, 0.717) is 12.2 Å². The van der Waals surface area contributed by atoms with Gasteiger partial charge in [-0.3, -0.25) is 4.79 Å². The Morgan fingerprint density at radius 3 is 2.68 bits per heavy atom. The van der Waals surface area contributed by atoms with Crippen LogP contribution < -0.4 is 5.73 Å². The van der Waals surface area contributed by atoms with Gasteiger partial charge in [-0.1, -0.05) is 48.9 Å². The van der Waals surface area contributed by atoms with E-state index in [0.717, 1.165) is 24.8 Å². The highest BCUT2D eigenvalue weighted by atomic mass is 16.1. The maximum atomic E-state index is 12.4. The van der Waals surface area contributed by atoms with Gasteiger partial charge in [0.1, 0.15) is 5.78 Å². The number of rotatable bonds is 3. The molecule has 19 heavy (non-hydrogen) atoms. The molecule has 2 aromatic carbocycles. The maximum Gasteiger partial charge on any atom is 0.141 e. The molecule has 0 saturated heterocycles. The van der Waals surface area contributed by atoms with Crippen LogP contribution in [0.2, 0.25) is 0 Å². The van der Waals surface area contributed by atoms with Crippen LogP contribution in [0.15, 0.2) is 42.5 Å². The van der Waals surface area contributed by atoms with Crippen molar-refractivity contribution in [1.82, 2.24) is 0 Å². The van der Waals surface area contributed by atoms with Gasteiger partial charge in [-0.2, -0.15) is 0 Å². The van der Waals surface area contributed by atoms with Crippen LogP contribution in [-0.4, -0.2) is 11.8 Å². The quantitative estimate of drug-likeness (QED) is 0.913. The Morgan fingerprint density at radius 1 is 1.11 bits per heavy atom. The van der Waals surface area contributed by atoms with Crippen molar-refractivity contribution in [2.45, 2.75) is 31.7 Å². The molecule has 0 spiro atoms. The summed E-state index contributed by atoms with van der Waals surface area (Å²) >= 11 is 0. The molecule has 98 valence electrons. The predicted octanol–water partition coefficient (Wildman–Crippen LogP) is 3.08. The highest BCUT2D eigenvalue weighted by Gasteiger charge is 2.29. The van der Waals surface area contributed by atoms with Crippen molar-refractivity contribution >= 4 is 16.6 Å². The number of fused-ring (bicyclic) bond motifs is 1. The molecule has 0 amide bonds. The molecule has 2 heteroatoms. The number of benzene rings is 2. The van der Waals surface area contributed by atoms with Crippen LogP contribution in [0.4, 0.5) is 0 Å².